The molecule has 0 unspecified atom stereocenters. The van der Waals surface area contributed by atoms with Crippen LogP contribution in [0.4, 0.5) is 0 Å². The van der Waals surface area contributed by atoms with E-state index in [9.17, 15) is 14.1 Å². The highest BCUT2D eigenvalue weighted by Crippen LogP contribution is 2.36. The Morgan fingerprint density at radius 2 is 2.38 bits per heavy atom. The van der Waals surface area contributed by atoms with Crippen LogP contribution in [0.2, 0.25) is 0 Å². The van der Waals surface area contributed by atoms with Gasteiger partial charge in [0, 0.05) is 10.9 Å². The standard InChI is InChI=1S/C8H9BrN2O4S/c9-1-3-2-16(15)7-4(10)6(12)11(7)5(3)8(13)14/h4,7H,1-2,10H2,(H,13,14)/t4-,7-,16+/m1/s1. The van der Waals surface area contributed by atoms with Gasteiger partial charge in [-0.05, 0) is 11.2 Å². The number of hydrogen-bond donors (Lipinski definition) is 2. The molecular formula is C8H9BrN2O4S. The molecule has 0 aromatic carbocycles. The van der Waals surface area contributed by atoms with E-state index in [0.29, 0.717) is 5.57 Å². The number of fused-ring (bicyclic) bond motifs is 1. The summed E-state index contributed by atoms with van der Waals surface area (Å²) in [6, 6.07) is -0.841. The smallest absolute Gasteiger partial charge is 0.352 e. The summed E-state index contributed by atoms with van der Waals surface area (Å²) in [4.78, 5) is 23.6. The molecule has 2 aliphatic heterocycles. The number of carboxylic acids is 1. The summed E-state index contributed by atoms with van der Waals surface area (Å²) in [5.74, 6) is -1.51. The fourth-order valence-corrected chi connectivity index (χ4v) is 4.22. The number of alkyl halides is 1. The molecule has 0 aliphatic carbocycles. The van der Waals surface area contributed by atoms with Crippen LogP contribution in [0.15, 0.2) is 11.3 Å². The molecule has 0 aromatic heterocycles. The number of carboxylic acid groups (broad SMARTS) is 1. The molecule has 2 aliphatic rings. The largest absolute Gasteiger partial charge is 0.614 e. The van der Waals surface area contributed by atoms with Crippen molar-refractivity contribution in [3.63, 3.8) is 0 Å². The average molecular weight is 309 g/mol. The Kier molecular flexibility index (Phi) is 2.99. The first-order valence-electron chi connectivity index (χ1n) is 4.46. The number of carbonyl (C=O) groups is 2. The SMILES string of the molecule is N[C@@H]1C(=O)N2C(C(=O)O)=C(CBr)C[S@+]([O-])[C@H]12. The molecule has 1 amide bonds. The van der Waals surface area contributed by atoms with Crippen molar-refractivity contribution in [2.45, 2.75) is 11.4 Å². The van der Waals surface area contributed by atoms with Gasteiger partial charge in [0.05, 0.1) is 0 Å². The molecule has 8 heteroatoms. The third-order valence-corrected chi connectivity index (χ3v) is 4.96. The maximum atomic E-state index is 11.7. The van der Waals surface area contributed by atoms with Gasteiger partial charge in [-0.1, -0.05) is 15.9 Å². The molecule has 1 saturated heterocycles. The van der Waals surface area contributed by atoms with Crippen LogP contribution < -0.4 is 5.73 Å². The van der Waals surface area contributed by atoms with Crippen LogP contribution in [0.3, 0.4) is 0 Å². The van der Waals surface area contributed by atoms with E-state index >= 15 is 0 Å². The highest BCUT2D eigenvalue weighted by Gasteiger charge is 2.58. The summed E-state index contributed by atoms with van der Waals surface area (Å²) < 4.78 is 11.7. The van der Waals surface area contributed by atoms with Crippen LogP contribution in [0.5, 0.6) is 0 Å². The second-order valence-corrected chi connectivity index (χ2v) is 5.63. The number of β-lactam (4-membered cyclic amide) rings is 1. The third kappa shape index (κ3) is 1.48. The number of hydrogen-bond acceptors (Lipinski definition) is 4. The van der Waals surface area contributed by atoms with E-state index in [1.165, 1.54) is 0 Å². The van der Waals surface area contributed by atoms with Gasteiger partial charge in [0.15, 0.2) is 6.04 Å². The van der Waals surface area contributed by atoms with E-state index in [1.54, 1.807) is 0 Å². The first kappa shape index (κ1) is 11.9. The molecule has 2 heterocycles. The molecule has 16 heavy (non-hydrogen) atoms. The average Bonchev–Trinajstić information content (AvgIpc) is 2.25. The molecule has 3 N–H and O–H groups in total. The molecule has 2 rings (SSSR count). The summed E-state index contributed by atoms with van der Waals surface area (Å²) in [5, 5.41) is 8.64. The maximum Gasteiger partial charge on any atom is 0.352 e. The van der Waals surface area contributed by atoms with Crippen molar-refractivity contribution in [1.82, 2.24) is 4.90 Å². The third-order valence-electron chi connectivity index (χ3n) is 2.61. The fourth-order valence-electron chi connectivity index (χ4n) is 1.86. The van der Waals surface area contributed by atoms with Gasteiger partial charge >= 0.3 is 5.97 Å². The minimum Gasteiger partial charge on any atom is -0.614 e. The van der Waals surface area contributed by atoms with Gasteiger partial charge in [0.1, 0.15) is 11.4 Å². The van der Waals surface area contributed by atoms with Gasteiger partial charge < -0.3 is 15.4 Å². The first-order chi connectivity index (χ1) is 7.49. The maximum absolute atomic E-state index is 11.7. The van der Waals surface area contributed by atoms with E-state index in [2.05, 4.69) is 15.9 Å². The van der Waals surface area contributed by atoms with Crippen LogP contribution in [-0.2, 0) is 20.8 Å². The summed E-state index contributed by atoms with van der Waals surface area (Å²) >= 11 is 1.81. The van der Waals surface area contributed by atoms with Crippen molar-refractivity contribution in [1.29, 1.82) is 0 Å². The minimum atomic E-state index is -1.32. The van der Waals surface area contributed by atoms with Gasteiger partial charge in [-0.15, -0.1) is 0 Å². The summed E-state index contributed by atoms with van der Waals surface area (Å²) in [6.07, 6.45) is 0. The predicted molar refractivity (Wildman–Crippen MR) is 60.1 cm³/mol. The summed E-state index contributed by atoms with van der Waals surface area (Å²) in [6.45, 7) is 0. The molecule has 0 bridgehead atoms. The van der Waals surface area contributed by atoms with Crippen LogP contribution in [0.25, 0.3) is 0 Å². The molecule has 88 valence electrons. The van der Waals surface area contributed by atoms with Crippen LogP contribution in [0.1, 0.15) is 0 Å². The lowest BCUT2D eigenvalue weighted by molar-refractivity contribution is -0.148. The highest BCUT2D eigenvalue weighted by atomic mass is 79.9. The second-order valence-electron chi connectivity index (χ2n) is 3.54. The molecular weight excluding hydrogens is 300 g/mol. The Balaban J connectivity index is 2.43. The summed E-state index contributed by atoms with van der Waals surface area (Å²) in [5.41, 5.74) is 5.89. The lowest BCUT2D eigenvalue weighted by atomic mass is 10.0. The normalized spacial score (nSPS) is 33.6. The number of halogens is 1. The van der Waals surface area contributed by atoms with E-state index < -0.39 is 34.5 Å². The Morgan fingerprint density at radius 3 is 2.88 bits per heavy atom. The molecule has 3 atom stereocenters. The van der Waals surface area contributed by atoms with Crippen LogP contribution in [0, 0.1) is 0 Å². The van der Waals surface area contributed by atoms with Crippen molar-refractivity contribution >= 4 is 39.0 Å². The van der Waals surface area contributed by atoms with Crippen molar-refractivity contribution in [2.75, 3.05) is 11.1 Å². The van der Waals surface area contributed by atoms with Gasteiger partial charge in [-0.2, -0.15) is 0 Å². The lowest BCUT2D eigenvalue weighted by Gasteiger charge is -2.47. The van der Waals surface area contributed by atoms with Crippen LogP contribution in [-0.4, -0.2) is 48.9 Å². The van der Waals surface area contributed by atoms with Gasteiger partial charge in [-0.3, -0.25) is 9.69 Å². The monoisotopic (exact) mass is 308 g/mol. The zero-order valence-electron chi connectivity index (χ0n) is 8.05. The van der Waals surface area contributed by atoms with Crippen LogP contribution >= 0.6 is 15.9 Å². The van der Waals surface area contributed by atoms with Gasteiger partial charge in [0.25, 0.3) is 5.91 Å². The lowest BCUT2D eigenvalue weighted by Crippen LogP contribution is -2.73. The first-order valence-corrected chi connectivity index (χ1v) is 6.96. The molecule has 1 fully saturated rings. The Labute approximate surface area is 103 Å². The molecule has 0 saturated carbocycles. The van der Waals surface area contributed by atoms with E-state index in [4.69, 9.17) is 10.8 Å². The fraction of sp³-hybridized carbons (Fsp3) is 0.500. The zero-order valence-corrected chi connectivity index (χ0v) is 10.5. The van der Waals surface area contributed by atoms with Crippen molar-refractivity contribution in [2.24, 2.45) is 5.73 Å². The number of nitrogens with zero attached hydrogens (tertiary/aromatic N) is 1. The molecule has 6 nitrogen and oxygen atoms in total. The summed E-state index contributed by atoms with van der Waals surface area (Å²) in [7, 11) is 0. The predicted octanol–water partition coefficient (Wildman–Crippen LogP) is -1.02. The second kappa shape index (κ2) is 4.02. The number of nitrogens with two attached hydrogens (primary N) is 1. The minimum absolute atomic E-state index is 0.0758. The number of rotatable bonds is 2. The van der Waals surface area contributed by atoms with Crippen molar-refractivity contribution < 1.29 is 19.2 Å². The highest BCUT2D eigenvalue weighted by molar-refractivity contribution is 9.09. The zero-order chi connectivity index (χ0) is 12.0. The van der Waals surface area contributed by atoms with E-state index in [1.807, 2.05) is 0 Å². The van der Waals surface area contributed by atoms with Crippen molar-refractivity contribution in [3.8, 4) is 0 Å². The molecule has 0 radical (unpaired) electrons. The van der Waals surface area contributed by atoms with E-state index in [-0.39, 0.29) is 16.8 Å². The Hall–Kier alpha value is -0.570. The number of amides is 1. The number of aliphatic carboxylic acids is 1. The quantitative estimate of drug-likeness (QED) is 0.386. The van der Waals surface area contributed by atoms with E-state index in [0.717, 1.165) is 4.90 Å². The number of carbonyl (C=O) groups excluding carboxylic acids is 1. The Morgan fingerprint density at radius 1 is 1.75 bits per heavy atom. The van der Waals surface area contributed by atoms with Gasteiger partial charge in [-0.25, -0.2) is 4.79 Å². The van der Waals surface area contributed by atoms with Crippen molar-refractivity contribution in [3.05, 3.63) is 11.3 Å². The topological polar surface area (TPSA) is 107 Å². The molecule has 0 spiro atoms. The van der Waals surface area contributed by atoms with Gasteiger partial charge in [0.2, 0.25) is 5.37 Å². The molecule has 0 aromatic rings. The Bertz CT molecular complexity index is 399.